The fourth-order valence-corrected chi connectivity index (χ4v) is 1.77. The van der Waals surface area contributed by atoms with Crippen LogP contribution in [0.1, 0.15) is 25.1 Å². The van der Waals surface area contributed by atoms with Crippen molar-refractivity contribution in [1.29, 1.82) is 0 Å². The van der Waals surface area contributed by atoms with Crippen LogP contribution >= 0.6 is 0 Å². The van der Waals surface area contributed by atoms with Crippen molar-refractivity contribution in [3.05, 3.63) is 22.1 Å². The molecule has 1 aromatic rings. The van der Waals surface area contributed by atoms with E-state index in [9.17, 15) is 10.1 Å². The molecule has 1 heterocycles. The summed E-state index contributed by atoms with van der Waals surface area (Å²) in [7, 11) is 0. The number of aryl methyl sites for hydroxylation is 1. The van der Waals surface area contributed by atoms with Gasteiger partial charge in [0.1, 0.15) is 12.7 Å². The van der Waals surface area contributed by atoms with E-state index in [1.54, 1.807) is 11.5 Å². The second-order valence-corrected chi connectivity index (χ2v) is 4.17. The highest BCUT2D eigenvalue weighted by Gasteiger charge is 2.16. The van der Waals surface area contributed by atoms with Crippen molar-refractivity contribution in [2.75, 3.05) is 19.6 Å². The summed E-state index contributed by atoms with van der Waals surface area (Å²) in [5, 5.41) is 14.0. The molecule has 18 heavy (non-hydrogen) atoms. The van der Waals surface area contributed by atoms with Crippen molar-refractivity contribution in [1.82, 2.24) is 14.9 Å². The third kappa shape index (κ3) is 4.42. The number of unbranched alkanes of at least 4 members (excludes halogenated alkanes) is 2. The van der Waals surface area contributed by atoms with E-state index < -0.39 is 4.92 Å². The van der Waals surface area contributed by atoms with Crippen LogP contribution < -0.4 is 11.1 Å². The molecule has 0 amide bonds. The van der Waals surface area contributed by atoms with Gasteiger partial charge in [0.15, 0.2) is 5.82 Å². The average molecular weight is 255 g/mol. The monoisotopic (exact) mass is 255 g/mol. The van der Waals surface area contributed by atoms with Gasteiger partial charge < -0.3 is 21.2 Å². The van der Waals surface area contributed by atoms with Gasteiger partial charge in [0, 0.05) is 13.5 Å². The summed E-state index contributed by atoms with van der Waals surface area (Å²) < 4.78 is 1.62. The molecule has 0 aliphatic carbocycles. The number of nitro groups is 1. The van der Waals surface area contributed by atoms with Crippen LogP contribution in [0.4, 0.5) is 5.82 Å². The summed E-state index contributed by atoms with van der Waals surface area (Å²) in [4.78, 5) is 14.3. The van der Waals surface area contributed by atoms with Crippen molar-refractivity contribution in [3.63, 3.8) is 0 Å². The number of nitrogens with one attached hydrogen (secondary N) is 1. The molecule has 1 aromatic heterocycles. The topological polar surface area (TPSA) is 99.0 Å². The predicted molar refractivity (Wildman–Crippen MR) is 69.4 cm³/mol. The van der Waals surface area contributed by atoms with Gasteiger partial charge in [-0.2, -0.15) is 0 Å². The van der Waals surface area contributed by atoms with E-state index in [0.717, 1.165) is 32.4 Å². The second-order valence-electron chi connectivity index (χ2n) is 4.17. The molecule has 0 radical (unpaired) electrons. The summed E-state index contributed by atoms with van der Waals surface area (Å²) in [6.07, 6.45) is 4.56. The highest BCUT2D eigenvalue weighted by Crippen LogP contribution is 2.12. The molecule has 0 aromatic carbocycles. The lowest BCUT2D eigenvalue weighted by molar-refractivity contribution is -0.392. The minimum atomic E-state index is -0.402. The fraction of sp³-hybridized carbons (Fsp3) is 0.727. The van der Waals surface area contributed by atoms with Crippen LogP contribution in [-0.4, -0.2) is 34.1 Å². The van der Waals surface area contributed by atoms with Gasteiger partial charge in [-0.15, -0.1) is 0 Å². The second kappa shape index (κ2) is 7.78. The lowest BCUT2D eigenvalue weighted by atomic mass is 10.2. The van der Waals surface area contributed by atoms with Crippen molar-refractivity contribution in [3.8, 4) is 0 Å². The Morgan fingerprint density at radius 1 is 1.44 bits per heavy atom. The zero-order valence-electron chi connectivity index (χ0n) is 10.8. The van der Waals surface area contributed by atoms with E-state index in [0.29, 0.717) is 18.9 Å². The normalized spacial score (nSPS) is 10.8. The summed E-state index contributed by atoms with van der Waals surface area (Å²) in [6, 6.07) is 0. The maximum absolute atomic E-state index is 10.8. The van der Waals surface area contributed by atoms with Gasteiger partial charge in [-0.3, -0.25) is 0 Å². The number of imidazole rings is 1. The smallest absolute Gasteiger partial charge is 0.342 e. The largest absolute Gasteiger partial charge is 0.358 e. The van der Waals surface area contributed by atoms with E-state index in [-0.39, 0.29) is 5.82 Å². The van der Waals surface area contributed by atoms with Gasteiger partial charge in [0.05, 0.1) is 0 Å². The summed E-state index contributed by atoms with van der Waals surface area (Å²) in [5.74, 6) is 0.726. The summed E-state index contributed by atoms with van der Waals surface area (Å²) in [5.41, 5.74) is 5.40. The molecule has 0 fully saturated rings. The molecule has 0 atom stereocenters. The van der Waals surface area contributed by atoms with Crippen molar-refractivity contribution in [2.45, 2.75) is 32.7 Å². The van der Waals surface area contributed by atoms with Gasteiger partial charge in [0.25, 0.3) is 0 Å². The Bertz CT molecular complexity index is 378. The maximum atomic E-state index is 10.8. The van der Waals surface area contributed by atoms with E-state index in [1.807, 2.05) is 0 Å². The Morgan fingerprint density at radius 3 is 2.89 bits per heavy atom. The Balaban J connectivity index is 2.27. The number of hydrogen-bond donors (Lipinski definition) is 2. The molecular formula is C11H21N5O2. The third-order valence-electron chi connectivity index (χ3n) is 2.79. The lowest BCUT2D eigenvalue weighted by Crippen LogP contribution is -2.22. The van der Waals surface area contributed by atoms with Crippen molar-refractivity contribution in [2.24, 2.45) is 5.73 Å². The SMILES string of the molecule is Cc1ncc([N+](=O)[O-])n1CCNCCCCCN. The molecule has 0 saturated heterocycles. The highest BCUT2D eigenvalue weighted by molar-refractivity contribution is 5.18. The Hall–Kier alpha value is -1.47. The molecule has 0 spiro atoms. The zero-order valence-corrected chi connectivity index (χ0v) is 10.8. The molecule has 7 heteroatoms. The van der Waals surface area contributed by atoms with Crippen LogP contribution in [0, 0.1) is 17.0 Å². The van der Waals surface area contributed by atoms with Crippen molar-refractivity contribution < 1.29 is 4.92 Å². The van der Waals surface area contributed by atoms with Crippen LogP contribution in [-0.2, 0) is 6.54 Å². The highest BCUT2D eigenvalue weighted by atomic mass is 16.6. The fourth-order valence-electron chi connectivity index (χ4n) is 1.77. The third-order valence-corrected chi connectivity index (χ3v) is 2.79. The molecule has 0 aliphatic rings. The Morgan fingerprint density at radius 2 is 2.22 bits per heavy atom. The van der Waals surface area contributed by atoms with Crippen LogP contribution in [0.3, 0.4) is 0 Å². The molecule has 3 N–H and O–H groups in total. The number of nitrogens with two attached hydrogens (primary N) is 1. The van der Waals surface area contributed by atoms with Crippen LogP contribution in [0.5, 0.6) is 0 Å². The van der Waals surface area contributed by atoms with Gasteiger partial charge in [0.2, 0.25) is 0 Å². The van der Waals surface area contributed by atoms with E-state index in [2.05, 4.69) is 10.3 Å². The lowest BCUT2D eigenvalue weighted by Gasteiger charge is -2.05. The average Bonchev–Trinajstić information content (AvgIpc) is 2.70. The van der Waals surface area contributed by atoms with E-state index in [1.165, 1.54) is 6.20 Å². The standard InChI is InChI=1S/C11H21N5O2/c1-10-14-9-11(16(17)18)15(10)8-7-13-6-4-2-3-5-12/h9,13H,2-8,12H2,1H3. The first-order valence-electron chi connectivity index (χ1n) is 6.24. The summed E-state index contributed by atoms with van der Waals surface area (Å²) >= 11 is 0. The first-order chi connectivity index (χ1) is 8.66. The van der Waals surface area contributed by atoms with Crippen molar-refractivity contribution >= 4 is 5.82 Å². The Labute approximate surface area is 107 Å². The molecule has 0 saturated carbocycles. The first kappa shape index (κ1) is 14.6. The predicted octanol–water partition coefficient (Wildman–Crippen LogP) is 0.818. The molecule has 1 rings (SSSR count). The van der Waals surface area contributed by atoms with Crippen LogP contribution in [0.25, 0.3) is 0 Å². The molecule has 102 valence electrons. The maximum Gasteiger partial charge on any atom is 0.342 e. The number of aromatic nitrogens is 2. The van der Waals surface area contributed by atoms with E-state index in [4.69, 9.17) is 5.73 Å². The number of nitrogens with zero attached hydrogens (tertiary/aromatic N) is 3. The van der Waals surface area contributed by atoms with Gasteiger partial charge in [-0.25, -0.2) is 9.55 Å². The molecular weight excluding hydrogens is 234 g/mol. The molecule has 7 nitrogen and oxygen atoms in total. The summed E-state index contributed by atoms with van der Waals surface area (Å²) in [6.45, 7) is 4.70. The molecule has 0 bridgehead atoms. The van der Waals surface area contributed by atoms with Crippen LogP contribution in [0.2, 0.25) is 0 Å². The van der Waals surface area contributed by atoms with Gasteiger partial charge in [-0.1, -0.05) is 6.42 Å². The van der Waals surface area contributed by atoms with E-state index >= 15 is 0 Å². The molecule has 0 unspecified atom stereocenters. The minimum absolute atomic E-state index is 0.0532. The first-order valence-corrected chi connectivity index (χ1v) is 6.24. The quantitative estimate of drug-likeness (QED) is 0.386. The van der Waals surface area contributed by atoms with Crippen LogP contribution in [0.15, 0.2) is 6.20 Å². The number of rotatable bonds is 9. The minimum Gasteiger partial charge on any atom is -0.358 e. The zero-order chi connectivity index (χ0) is 13.4. The Kier molecular flexibility index (Phi) is 6.31. The number of hydrogen-bond acceptors (Lipinski definition) is 5. The molecule has 0 aliphatic heterocycles. The van der Waals surface area contributed by atoms with Gasteiger partial charge >= 0.3 is 5.82 Å². The van der Waals surface area contributed by atoms with Gasteiger partial charge in [-0.05, 0) is 30.9 Å².